The molecule has 0 saturated carbocycles. The predicted octanol–water partition coefficient (Wildman–Crippen LogP) is 0.301. The van der Waals surface area contributed by atoms with Gasteiger partial charge in [-0.05, 0) is 11.4 Å². The summed E-state index contributed by atoms with van der Waals surface area (Å²) in [7, 11) is 0. The van der Waals surface area contributed by atoms with Gasteiger partial charge in [0.05, 0.1) is 6.54 Å². The summed E-state index contributed by atoms with van der Waals surface area (Å²) < 4.78 is 0. The summed E-state index contributed by atoms with van der Waals surface area (Å²) in [5.41, 5.74) is 0. The van der Waals surface area contributed by atoms with Gasteiger partial charge in [-0.25, -0.2) is 4.79 Å². The molecule has 6 nitrogen and oxygen atoms in total. The van der Waals surface area contributed by atoms with Crippen LogP contribution in [-0.4, -0.2) is 24.1 Å². The van der Waals surface area contributed by atoms with Crippen LogP contribution in [0.2, 0.25) is 0 Å². The van der Waals surface area contributed by atoms with Gasteiger partial charge in [-0.15, -0.1) is 11.3 Å². The maximum Gasteiger partial charge on any atom is 0.328 e. The van der Waals surface area contributed by atoms with Crippen LogP contribution in [0.5, 0.6) is 0 Å². The van der Waals surface area contributed by atoms with Crippen molar-refractivity contribution in [3.8, 4) is 0 Å². The Balaban J connectivity index is 1.98. The van der Waals surface area contributed by atoms with Gasteiger partial charge in [0.15, 0.2) is 5.92 Å². The number of rotatable bonds is 3. The van der Waals surface area contributed by atoms with E-state index in [1.807, 2.05) is 28.1 Å². The van der Waals surface area contributed by atoms with Gasteiger partial charge in [0, 0.05) is 11.1 Å². The zero-order valence-electron chi connectivity index (χ0n) is 8.67. The normalized spacial score (nSPS) is 17.3. The van der Waals surface area contributed by atoms with Crippen LogP contribution in [-0.2, 0) is 16.1 Å². The Hall–Kier alpha value is -2.02. The lowest BCUT2D eigenvalue weighted by Gasteiger charge is -2.16. The molecule has 2 heterocycles. The van der Waals surface area contributed by atoms with E-state index in [1.54, 1.807) is 11.3 Å². The molecule has 7 heteroatoms. The van der Waals surface area contributed by atoms with Crippen LogP contribution in [0.15, 0.2) is 22.5 Å². The molecule has 0 radical (unpaired) electrons. The van der Waals surface area contributed by atoms with Crippen molar-refractivity contribution in [1.82, 2.24) is 10.6 Å². The minimum atomic E-state index is -1.03. The van der Waals surface area contributed by atoms with Gasteiger partial charge >= 0.3 is 6.03 Å². The molecule has 0 unspecified atom stereocenters. The summed E-state index contributed by atoms with van der Waals surface area (Å²) in [6.45, 7) is 0.419. The molecule has 0 aliphatic carbocycles. The van der Waals surface area contributed by atoms with Crippen molar-refractivity contribution >= 4 is 35.4 Å². The molecule has 0 aromatic carbocycles. The number of urea groups is 1. The fraction of sp³-hybridized carbons (Fsp3) is 0.200. The Morgan fingerprint density at radius 2 is 2.00 bits per heavy atom. The van der Waals surface area contributed by atoms with E-state index in [0.717, 1.165) is 4.88 Å². The van der Waals surface area contributed by atoms with E-state index in [0.29, 0.717) is 6.54 Å². The van der Waals surface area contributed by atoms with Crippen molar-refractivity contribution in [2.24, 2.45) is 10.9 Å². The Bertz CT molecular complexity index is 461. The molecular formula is C10H9N3O3S. The molecule has 1 aliphatic heterocycles. The summed E-state index contributed by atoms with van der Waals surface area (Å²) in [5.74, 6) is -2.32. The molecule has 2 rings (SSSR count). The summed E-state index contributed by atoms with van der Waals surface area (Å²) in [4.78, 5) is 38.5. The van der Waals surface area contributed by atoms with Crippen LogP contribution in [0.3, 0.4) is 0 Å². The van der Waals surface area contributed by atoms with Crippen LogP contribution >= 0.6 is 11.3 Å². The van der Waals surface area contributed by atoms with Crippen LogP contribution in [0, 0.1) is 5.92 Å². The van der Waals surface area contributed by atoms with E-state index >= 15 is 0 Å². The van der Waals surface area contributed by atoms with Crippen molar-refractivity contribution in [3.05, 3.63) is 22.4 Å². The van der Waals surface area contributed by atoms with Gasteiger partial charge in [-0.3, -0.25) is 25.2 Å². The monoisotopic (exact) mass is 251 g/mol. The van der Waals surface area contributed by atoms with Crippen molar-refractivity contribution in [2.45, 2.75) is 6.54 Å². The number of imide groups is 2. The first-order valence-electron chi connectivity index (χ1n) is 4.85. The molecule has 0 spiro atoms. The minimum Gasteiger partial charge on any atom is -0.291 e. The van der Waals surface area contributed by atoms with E-state index in [9.17, 15) is 14.4 Å². The summed E-state index contributed by atoms with van der Waals surface area (Å²) in [6.07, 6.45) is 1.26. The molecule has 1 saturated heterocycles. The second-order valence-electron chi connectivity index (χ2n) is 3.35. The van der Waals surface area contributed by atoms with Crippen molar-refractivity contribution in [3.63, 3.8) is 0 Å². The van der Waals surface area contributed by atoms with Gasteiger partial charge in [0.25, 0.3) is 0 Å². The highest BCUT2D eigenvalue weighted by Crippen LogP contribution is 2.09. The molecule has 1 fully saturated rings. The topological polar surface area (TPSA) is 87.6 Å². The summed E-state index contributed by atoms with van der Waals surface area (Å²) in [5, 5.41) is 5.93. The number of nitrogens with zero attached hydrogens (tertiary/aromatic N) is 1. The first-order chi connectivity index (χ1) is 8.16. The van der Waals surface area contributed by atoms with Gasteiger partial charge in [0.2, 0.25) is 11.8 Å². The molecule has 17 heavy (non-hydrogen) atoms. The lowest BCUT2D eigenvalue weighted by Crippen LogP contribution is -2.56. The highest BCUT2D eigenvalue weighted by atomic mass is 32.1. The third-order valence-electron chi connectivity index (χ3n) is 2.12. The van der Waals surface area contributed by atoms with E-state index in [1.165, 1.54) is 6.21 Å². The number of thiophene rings is 1. The fourth-order valence-corrected chi connectivity index (χ4v) is 1.95. The van der Waals surface area contributed by atoms with E-state index in [4.69, 9.17) is 0 Å². The van der Waals surface area contributed by atoms with Crippen LogP contribution in [0.4, 0.5) is 4.79 Å². The lowest BCUT2D eigenvalue weighted by molar-refractivity contribution is -0.132. The van der Waals surface area contributed by atoms with Crippen LogP contribution in [0.1, 0.15) is 4.88 Å². The fourth-order valence-electron chi connectivity index (χ4n) is 1.32. The predicted molar refractivity (Wildman–Crippen MR) is 61.7 cm³/mol. The third kappa shape index (κ3) is 2.76. The third-order valence-corrected chi connectivity index (χ3v) is 2.98. The zero-order valence-corrected chi connectivity index (χ0v) is 9.49. The van der Waals surface area contributed by atoms with Gasteiger partial charge < -0.3 is 0 Å². The average molecular weight is 251 g/mol. The molecular weight excluding hydrogens is 242 g/mol. The highest BCUT2D eigenvalue weighted by molar-refractivity contribution is 7.09. The lowest BCUT2D eigenvalue weighted by atomic mass is 10.1. The Kier molecular flexibility index (Phi) is 3.29. The Labute approximate surface area is 101 Å². The number of carbonyl (C=O) groups is 3. The smallest absolute Gasteiger partial charge is 0.291 e. The quantitative estimate of drug-likeness (QED) is 0.598. The van der Waals surface area contributed by atoms with E-state index < -0.39 is 23.8 Å². The molecule has 1 aliphatic rings. The van der Waals surface area contributed by atoms with E-state index in [-0.39, 0.29) is 0 Å². The molecule has 1 aromatic heterocycles. The number of amides is 4. The maximum absolute atomic E-state index is 11.3. The first kappa shape index (κ1) is 11.5. The van der Waals surface area contributed by atoms with E-state index in [2.05, 4.69) is 4.99 Å². The molecule has 1 aromatic rings. The van der Waals surface area contributed by atoms with Gasteiger partial charge in [-0.2, -0.15) is 0 Å². The number of hydrogen-bond donors (Lipinski definition) is 2. The largest absolute Gasteiger partial charge is 0.328 e. The Morgan fingerprint density at radius 3 is 2.59 bits per heavy atom. The van der Waals surface area contributed by atoms with Gasteiger partial charge in [0.1, 0.15) is 0 Å². The van der Waals surface area contributed by atoms with Crippen LogP contribution < -0.4 is 10.6 Å². The Morgan fingerprint density at radius 1 is 1.29 bits per heavy atom. The SMILES string of the molecule is O=C1NC(=O)C(C=NCc2cccs2)C(=O)N1. The zero-order chi connectivity index (χ0) is 12.3. The number of aliphatic imine (C=N–C) groups is 1. The van der Waals surface area contributed by atoms with Crippen LogP contribution in [0.25, 0.3) is 0 Å². The summed E-state index contributed by atoms with van der Waals surface area (Å²) >= 11 is 1.54. The average Bonchev–Trinajstić information content (AvgIpc) is 2.74. The molecule has 0 bridgehead atoms. The molecule has 88 valence electrons. The second kappa shape index (κ2) is 4.88. The summed E-state index contributed by atoms with van der Waals surface area (Å²) in [6, 6.07) is 3.02. The molecule has 2 N–H and O–H groups in total. The first-order valence-corrected chi connectivity index (χ1v) is 5.73. The van der Waals surface area contributed by atoms with Gasteiger partial charge in [-0.1, -0.05) is 6.07 Å². The van der Waals surface area contributed by atoms with Crippen molar-refractivity contribution < 1.29 is 14.4 Å². The van der Waals surface area contributed by atoms with Crippen molar-refractivity contribution in [1.29, 1.82) is 0 Å². The number of hydrogen-bond acceptors (Lipinski definition) is 5. The molecule has 4 amide bonds. The second-order valence-corrected chi connectivity index (χ2v) is 4.39. The number of carbonyl (C=O) groups excluding carboxylic acids is 3. The standard InChI is InChI=1S/C10H9N3O3S/c14-8-7(9(15)13-10(16)12-8)5-11-4-6-2-1-3-17-6/h1-3,5,7H,4H2,(H2,12,13,14,15,16). The minimum absolute atomic E-state index is 0.419. The molecule has 0 atom stereocenters. The maximum atomic E-state index is 11.3. The van der Waals surface area contributed by atoms with Crippen molar-refractivity contribution in [2.75, 3.05) is 0 Å². The number of nitrogens with one attached hydrogen (secondary N) is 2. The highest BCUT2D eigenvalue weighted by Gasteiger charge is 2.32. The number of barbiturate groups is 1.